The summed E-state index contributed by atoms with van der Waals surface area (Å²) in [4.78, 5) is 12.2. The van der Waals surface area contributed by atoms with E-state index >= 15 is 0 Å². The highest BCUT2D eigenvalue weighted by Gasteiger charge is 2.41. The number of pyridine rings is 1. The van der Waals surface area contributed by atoms with E-state index in [9.17, 15) is 23.3 Å². The molecule has 0 aliphatic heterocycles. The Balaban J connectivity index is 3.47. The zero-order valence-corrected chi connectivity index (χ0v) is 7.84. The van der Waals surface area contributed by atoms with Gasteiger partial charge in [-0.1, -0.05) is 0 Å². The van der Waals surface area contributed by atoms with Gasteiger partial charge in [0.15, 0.2) is 5.56 Å². The first kappa shape index (κ1) is 11.7. The van der Waals surface area contributed by atoms with Crippen molar-refractivity contribution in [2.45, 2.75) is 12.1 Å². The third-order valence-corrected chi connectivity index (χ3v) is 1.91. The van der Waals surface area contributed by atoms with E-state index in [1.807, 2.05) is 0 Å². The average molecular weight is 241 g/mol. The van der Waals surface area contributed by atoms with Crippen LogP contribution in [0.1, 0.15) is 11.1 Å². The van der Waals surface area contributed by atoms with E-state index in [1.165, 1.54) is 0 Å². The van der Waals surface area contributed by atoms with Crippen molar-refractivity contribution < 1.29 is 18.1 Å². The summed E-state index contributed by atoms with van der Waals surface area (Å²) in [5.74, 6) is -1.68. The molecule has 82 valence electrons. The Morgan fingerprint density at radius 3 is 2.53 bits per heavy atom. The fourth-order valence-electron chi connectivity index (χ4n) is 1.05. The smallest absolute Gasteiger partial charge is 0.358 e. The monoisotopic (exact) mass is 240 g/mol. The molecule has 1 aromatic rings. The Morgan fingerprint density at radius 2 is 2.13 bits per heavy atom. The number of nitro groups is 1. The lowest BCUT2D eigenvalue weighted by Crippen LogP contribution is -2.13. The molecule has 0 saturated carbocycles. The van der Waals surface area contributed by atoms with Gasteiger partial charge in [0, 0.05) is 5.88 Å². The van der Waals surface area contributed by atoms with Gasteiger partial charge < -0.3 is 10.1 Å². The third kappa shape index (κ3) is 2.35. The first-order valence-corrected chi connectivity index (χ1v) is 4.16. The summed E-state index contributed by atoms with van der Waals surface area (Å²) in [6.45, 7) is 0. The van der Waals surface area contributed by atoms with Gasteiger partial charge in [-0.05, 0) is 21.5 Å². The maximum atomic E-state index is 12.5. The number of hydrogen-bond donors (Lipinski definition) is 0. The maximum Gasteiger partial charge on any atom is 0.424 e. The standard InChI is InChI=1S/C7H4ClF3N2O2/c8-3-4-1-2-12-6(13(14)15)5(4)7(9,10)11/h1-2H,3H2. The Bertz CT molecular complexity index is 394. The van der Waals surface area contributed by atoms with E-state index in [0.717, 1.165) is 12.3 Å². The molecular formula is C7H4ClF3N2O2. The Labute approximate surface area is 86.8 Å². The minimum Gasteiger partial charge on any atom is -0.358 e. The van der Waals surface area contributed by atoms with E-state index < -0.39 is 28.4 Å². The van der Waals surface area contributed by atoms with Crippen molar-refractivity contribution in [1.29, 1.82) is 0 Å². The molecule has 0 aliphatic rings. The lowest BCUT2D eigenvalue weighted by Gasteiger charge is -2.09. The van der Waals surface area contributed by atoms with Crippen molar-refractivity contribution in [3.63, 3.8) is 0 Å². The van der Waals surface area contributed by atoms with Crippen LogP contribution in [0.15, 0.2) is 12.3 Å². The van der Waals surface area contributed by atoms with Crippen molar-refractivity contribution in [2.24, 2.45) is 0 Å². The first-order valence-electron chi connectivity index (χ1n) is 3.63. The van der Waals surface area contributed by atoms with Crippen LogP contribution >= 0.6 is 11.6 Å². The second-order valence-corrected chi connectivity index (χ2v) is 2.82. The molecule has 1 heterocycles. The van der Waals surface area contributed by atoms with Crippen LogP contribution in [-0.2, 0) is 12.1 Å². The Kier molecular flexibility index (Phi) is 3.13. The van der Waals surface area contributed by atoms with Gasteiger partial charge in [-0.2, -0.15) is 13.2 Å². The Hall–Kier alpha value is -1.37. The molecular weight excluding hydrogens is 237 g/mol. The molecule has 15 heavy (non-hydrogen) atoms. The highest BCUT2D eigenvalue weighted by molar-refractivity contribution is 6.17. The average Bonchev–Trinajstić information content (AvgIpc) is 2.15. The number of alkyl halides is 4. The van der Waals surface area contributed by atoms with Crippen LogP contribution in [0.4, 0.5) is 19.0 Å². The molecule has 0 aliphatic carbocycles. The third-order valence-electron chi connectivity index (χ3n) is 1.62. The molecule has 0 aromatic carbocycles. The zero-order chi connectivity index (χ0) is 11.6. The molecule has 0 spiro atoms. The summed E-state index contributed by atoms with van der Waals surface area (Å²) in [6, 6.07) is 1.00. The lowest BCUT2D eigenvalue weighted by molar-refractivity contribution is -0.392. The highest BCUT2D eigenvalue weighted by Crippen LogP contribution is 2.37. The summed E-state index contributed by atoms with van der Waals surface area (Å²) in [5.41, 5.74) is -1.74. The van der Waals surface area contributed by atoms with Crippen LogP contribution in [0.25, 0.3) is 0 Å². The number of halogens is 4. The summed E-state index contributed by atoms with van der Waals surface area (Å²) in [5, 5.41) is 10.3. The molecule has 0 unspecified atom stereocenters. The van der Waals surface area contributed by atoms with Crippen molar-refractivity contribution in [2.75, 3.05) is 0 Å². The van der Waals surface area contributed by atoms with Gasteiger partial charge in [-0.3, -0.25) is 0 Å². The number of hydrogen-bond acceptors (Lipinski definition) is 3. The molecule has 4 nitrogen and oxygen atoms in total. The molecule has 0 fully saturated rings. The summed E-state index contributed by atoms with van der Waals surface area (Å²) in [6.07, 6.45) is -3.91. The van der Waals surface area contributed by atoms with Crippen molar-refractivity contribution in [3.05, 3.63) is 33.5 Å². The van der Waals surface area contributed by atoms with Crippen molar-refractivity contribution >= 4 is 17.4 Å². The van der Waals surface area contributed by atoms with E-state index in [2.05, 4.69) is 4.98 Å². The normalized spacial score (nSPS) is 11.5. The topological polar surface area (TPSA) is 56.0 Å². The first-order chi connectivity index (χ1) is 6.88. The molecule has 0 atom stereocenters. The van der Waals surface area contributed by atoms with Gasteiger partial charge in [0.05, 0.1) is 0 Å². The van der Waals surface area contributed by atoms with Crippen molar-refractivity contribution in [1.82, 2.24) is 4.98 Å². The van der Waals surface area contributed by atoms with Crippen LogP contribution in [0.3, 0.4) is 0 Å². The summed E-state index contributed by atoms with van der Waals surface area (Å²) >= 11 is 5.26. The molecule has 8 heteroatoms. The van der Waals surface area contributed by atoms with Gasteiger partial charge in [-0.15, -0.1) is 11.6 Å². The van der Waals surface area contributed by atoms with Crippen LogP contribution in [0.5, 0.6) is 0 Å². The minimum absolute atomic E-state index is 0.356. The summed E-state index contributed by atoms with van der Waals surface area (Å²) in [7, 11) is 0. The van der Waals surface area contributed by atoms with Gasteiger partial charge in [0.2, 0.25) is 0 Å². The highest BCUT2D eigenvalue weighted by atomic mass is 35.5. The molecule has 0 amide bonds. The number of nitrogens with zero attached hydrogens (tertiary/aromatic N) is 2. The van der Waals surface area contributed by atoms with E-state index in [0.29, 0.717) is 0 Å². The van der Waals surface area contributed by atoms with Crippen LogP contribution in [0, 0.1) is 10.1 Å². The fourth-order valence-corrected chi connectivity index (χ4v) is 1.27. The summed E-state index contributed by atoms with van der Waals surface area (Å²) < 4.78 is 37.4. The number of aromatic nitrogens is 1. The molecule has 0 radical (unpaired) electrons. The SMILES string of the molecule is O=[N+]([O-])c1nccc(CCl)c1C(F)(F)F. The van der Waals surface area contributed by atoms with Gasteiger partial charge >= 0.3 is 12.0 Å². The number of rotatable bonds is 2. The quantitative estimate of drug-likeness (QED) is 0.454. The minimum atomic E-state index is -4.83. The molecule has 0 N–H and O–H groups in total. The van der Waals surface area contributed by atoms with Crippen molar-refractivity contribution in [3.8, 4) is 0 Å². The maximum absolute atomic E-state index is 12.5. The second-order valence-electron chi connectivity index (χ2n) is 2.56. The van der Waals surface area contributed by atoms with Crippen LogP contribution in [0.2, 0.25) is 0 Å². The predicted molar refractivity (Wildman–Crippen MR) is 45.5 cm³/mol. The predicted octanol–water partition coefficient (Wildman–Crippen LogP) is 2.75. The van der Waals surface area contributed by atoms with E-state index in [4.69, 9.17) is 11.6 Å². The van der Waals surface area contributed by atoms with Gasteiger partial charge in [-0.25, -0.2) is 0 Å². The molecule has 1 aromatic heterocycles. The van der Waals surface area contributed by atoms with Crippen LogP contribution < -0.4 is 0 Å². The Morgan fingerprint density at radius 1 is 1.53 bits per heavy atom. The largest absolute Gasteiger partial charge is 0.424 e. The van der Waals surface area contributed by atoms with Gasteiger partial charge in [0.25, 0.3) is 0 Å². The molecule has 0 bridgehead atoms. The van der Waals surface area contributed by atoms with E-state index in [-0.39, 0.29) is 5.56 Å². The van der Waals surface area contributed by atoms with Gasteiger partial charge in [0.1, 0.15) is 6.20 Å². The van der Waals surface area contributed by atoms with E-state index in [1.54, 1.807) is 0 Å². The molecule has 0 saturated heterocycles. The zero-order valence-electron chi connectivity index (χ0n) is 7.08. The fraction of sp³-hybridized carbons (Fsp3) is 0.286. The van der Waals surface area contributed by atoms with Crippen LogP contribution in [-0.4, -0.2) is 9.91 Å². The molecule has 1 rings (SSSR count). The second kappa shape index (κ2) is 4.01. The lowest BCUT2D eigenvalue weighted by atomic mass is 10.1.